The number of aliphatic carboxylic acids is 1. The summed E-state index contributed by atoms with van der Waals surface area (Å²) in [5, 5.41) is 13.9. The quantitative estimate of drug-likeness (QED) is 0.185. The highest BCUT2D eigenvalue weighted by Gasteiger charge is 2.47. The topological polar surface area (TPSA) is 100 Å². The molecule has 0 spiro atoms. The zero-order valence-electron chi connectivity index (χ0n) is 22.8. The Morgan fingerprint density at radius 3 is 2.58 bits per heavy atom. The van der Waals surface area contributed by atoms with Crippen LogP contribution in [0.25, 0.3) is 33.5 Å². The zero-order valence-corrected chi connectivity index (χ0v) is 23.6. The lowest BCUT2D eigenvalue weighted by atomic mass is 9.61. The van der Waals surface area contributed by atoms with Crippen molar-refractivity contribution in [1.29, 1.82) is 0 Å². The second kappa shape index (κ2) is 10.1. The molecule has 2 aromatic heterocycles. The van der Waals surface area contributed by atoms with Gasteiger partial charge in [-0.3, -0.25) is 4.79 Å². The van der Waals surface area contributed by atoms with E-state index >= 15 is 0 Å². The van der Waals surface area contributed by atoms with E-state index < -0.39 is 23.5 Å². The van der Waals surface area contributed by atoms with Crippen LogP contribution >= 0.6 is 11.8 Å². The number of hydrogen-bond acceptors (Lipinski definition) is 6. The van der Waals surface area contributed by atoms with Gasteiger partial charge in [0, 0.05) is 40.9 Å². The maximum Gasteiger partial charge on any atom is 0.308 e. The van der Waals surface area contributed by atoms with E-state index in [-0.39, 0.29) is 29.2 Å². The number of carboxylic acid groups (broad SMARTS) is 1. The minimum Gasteiger partial charge on any atom is -0.481 e. The Labute approximate surface area is 249 Å². The monoisotopic (exact) mass is 596 g/mol. The Kier molecular flexibility index (Phi) is 6.15. The Hall–Kier alpha value is -4.44. The molecule has 4 aliphatic rings. The van der Waals surface area contributed by atoms with Crippen molar-refractivity contribution in [3.05, 3.63) is 78.5 Å². The maximum atomic E-state index is 14.6. The summed E-state index contributed by atoms with van der Waals surface area (Å²) in [6.07, 6.45) is 5.35. The van der Waals surface area contributed by atoms with Gasteiger partial charge in [0.2, 0.25) is 0 Å². The number of nitrogens with one attached hydrogen (secondary N) is 2. The number of carboxylic acids is 1. The number of nitrogens with zero attached hydrogens (tertiary/aromatic N) is 2. The largest absolute Gasteiger partial charge is 0.481 e. The number of H-pyrrole nitrogens is 1. The summed E-state index contributed by atoms with van der Waals surface area (Å²) in [6, 6.07) is 17.3. The summed E-state index contributed by atoms with van der Waals surface area (Å²) in [5.41, 5.74) is 1.94. The molecule has 3 fully saturated rings. The fraction of sp³-hybridized carbons (Fsp3) is 0.242. The van der Waals surface area contributed by atoms with E-state index in [2.05, 4.69) is 10.3 Å². The SMILES string of the molecule is O=C(O)C1C2CCC(CC2)C1Nc1cc(-c2ccc3c(c2)Oc2ccccc2S3)nc(-c2c[nH]c3c(F)cc(F)cc23)n1. The molecule has 2 bridgehead atoms. The third-order valence-corrected chi connectivity index (χ3v) is 10.1. The summed E-state index contributed by atoms with van der Waals surface area (Å²) in [7, 11) is 0. The summed E-state index contributed by atoms with van der Waals surface area (Å²) in [4.78, 5) is 26.9. The summed E-state index contributed by atoms with van der Waals surface area (Å²) in [6.45, 7) is 0. The predicted octanol–water partition coefficient (Wildman–Crippen LogP) is 8.13. The average molecular weight is 597 g/mol. The van der Waals surface area contributed by atoms with Gasteiger partial charge in [-0.15, -0.1) is 0 Å². The number of hydrogen-bond donors (Lipinski definition) is 3. The Bertz CT molecular complexity index is 1920. The van der Waals surface area contributed by atoms with Gasteiger partial charge in [0.15, 0.2) is 5.82 Å². The minimum absolute atomic E-state index is 0.124. The van der Waals surface area contributed by atoms with Gasteiger partial charge in [-0.1, -0.05) is 30.0 Å². The molecule has 5 aromatic rings. The molecule has 2 atom stereocenters. The van der Waals surface area contributed by atoms with Crippen LogP contribution in [0.3, 0.4) is 0 Å². The lowest BCUT2D eigenvalue weighted by Crippen LogP contribution is -2.51. The lowest BCUT2D eigenvalue weighted by molar-refractivity contribution is -0.148. The molecule has 7 nitrogen and oxygen atoms in total. The average Bonchev–Trinajstić information content (AvgIpc) is 3.44. The Morgan fingerprint density at radius 1 is 0.953 bits per heavy atom. The number of carbonyl (C=O) groups is 1. The van der Waals surface area contributed by atoms with Crippen molar-refractivity contribution in [1.82, 2.24) is 15.0 Å². The molecule has 0 amide bonds. The van der Waals surface area contributed by atoms with Gasteiger partial charge >= 0.3 is 5.97 Å². The van der Waals surface area contributed by atoms with Crippen molar-refractivity contribution < 1.29 is 23.4 Å². The summed E-state index contributed by atoms with van der Waals surface area (Å²) < 4.78 is 35.1. The lowest BCUT2D eigenvalue weighted by Gasteiger charge is -2.47. The van der Waals surface area contributed by atoms with Crippen LogP contribution in [0.15, 0.2) is 76.7 Å². The maximum absolute atomic E-state index is 14.6. The molecule has 3 heterocycles. The summed E-state index contributed by atoms with van der Waals surface area (Å²) in [5.74, 6) is -0.169. The predicted molar refractivity (Wildman–Crippen MR) is 159 cm³/mol. The fourth-order valence-corrected chi connectivity index (χ4v) is 7.93. The molecule has 2 unspecified atom stereocenters. The number of para-hydroxylation sites is 1. The van der Waals surface area contributed by atoms with Gasteiger partial charge in [0.05, 0.1) is 26.9 Å². The molecule has 9 rings (SSSR count). The molecule has 0 saturated heterocycles. The molecule has 43 heavy (non-hydrogen) atoms. The van der Waals surface area contributed by atoms with E-state index in [9.17, 15) is 18.7 Å². The second-order valence-corrected chi connectivity index (χ2v) is 12.6. The Balaban J connectivity index is 1.24. The van der Waals surface area contributed by atoms with Crippen LogP contribution in [0.4, 0.5) is 14.6 Å². The first kappa shape index (κ1) is 26.2. The third kappa shape index (κ3) is 4.52. The molecular weight excluding hydrogens is 570 g/mol. The zero-order chi connectivity index (χ0) is 29.2. The van der Waals surface area contributed by atoms with E-state index in [1.807, 2.05) is 48.5 Å². The molecule has 0 radical (unpaired) electrons. The van der Waals surface area contributed by atoms with Crippen molar-refractivity contribution in [3.63, 3.8) is 0 Å². The number of rotatable bonds is 5. The highest BCUT2D eigenvalue weighted by molar-refractivity contribution is 7.99. The van der Waals surface area contributed by atoms with Crippen LogP contribution in [-0.2, 0) is 4.79 Å². The molecule has 3 aliphatic carbocycles. The number of anilines is 1. The van der Waals surface area contributed by atoms with Gasteiger partial charge < -0.3 is 20.1 Å². The normalized spacial score (nSPS) is 22.1. The number of benzene rings is 3. The third-order valence-electron chi connectivity index (χ3n) is 9.02. The summed E-state index contributed by atoms with van der Waals surface area (Å²) >= 11 is 1.63. The van der Waals surface area contributed by atoms with Gasteiger partial charge in [-0.2, -0.15) is 0 Å². The molecule has 3 aromatic carbocycles. The van der Waals surface area contributed by atoms with Crippen molar-refractivity contribution in [2.45, 2.75) is 41.5 Å². The standard InChI is InChI=1S/C33H26F2N4O3S/c34-19-12-20-21(15-36-31(20)22(35)13-19)32-37-23(18-9-10-27-25(11-18)42-24-3-1-2-4-26(24)43-27)14-28(39-32)38-30-17-7-5-16(6-8-17)29(30)33(40)41/h1-4,9-17,29-30,36H,5-8H2,(H,40,41)(H,37,38,39). The van der Waals surface area contributed by atoms with Crippen LogP contribution in [0.1, 0.15) is 25.7 Å². The molecule has 1 aliphatic heterocycles. The number of ether oxygens (including phenoxy) is 1. The van der Waals surface area contributed by atoms with Crippen molar-refractivity contribution >= 4 is 34.5 Å². The molecule has 216 valence electrons. The number of fused-ring (bicyclic) bond motifs is 6. The van der Waals surface area contributed by atoms with Gasteiger partial charge in [0.25, 0.3) is 0 Å². The van der Waals surface area contributed by atoms with E-state index in [0.29, 0.717) is 28.2 Å². The van der Waals surface area contributed by atoms with E-state index in [1.54, 1.807) is 18.0 Å². The first-order valence-corrected chi connectivity index (χ1v) is 15.2. The first-order chi connectivity index (χ1) is 20.9. The van der Waals surface area contributed by atoms with Crippen LogP contribution in [0.2, 0.25) is 0 Å². The van der Waals surface area contributed by atoms with Crippen molar-refractivity contribution in [3.8, 4) is 34.1 Å². The number of halogens is 2. The van der Waals surface area contributed by atoms with Crippen molar-refractivity contribution in [2.75, 3.05) is 5.32 Å². The minimum atomic E-state index is -0.798. The number of aromatic amines is 1. The highest BCUT2D eigenvalue weighted by Crippen LogP contribution is 2.49. The smallest absolute Gasteiger partial charge is 0.308 e. The van der Waals surface area contributed by atoms with Gasteiger partial charge in [-0.05, 0) is 67.9 Å². The van der Waals surface area contributed by atoms with Crippen LogP contribution in [0, 0.1) is 29.4 Å². The first-order valence-electron chi connectivity index (χ1n) is 14.4. The highest BCUT2D eigenvalue weighted by atomic mass is 32.2. The number of aromatic nitrogens is 3. The molecule has 10 heteroatoms. The second-order valence-electron chi connectivity index (χ2n) is 11.5. The van der Waals surface area contributed by atoms with Crippen molar-refractivity contribution in [2.24, 2.45) is 17.8 Å². The van der Waals surface area contributed by atoms with Crippen LogP contribution in [0.5, 0.6) is 11.5 Å². The van der Waals surface area contributed by atoms with Crippen LogP contribution < -0.4 is 10.1 Å². The molecule has 3 N–H and O–H groups in total. The van der Waals surface area contributed by atoms with E-state index in [0.717, 1.165) is 52.9 Å². The van der Waals surface area contributed by atoms with E-state index in [4.69, 9.17) is 14.7 Å². The fourth-order valence-electron chi connectivity index (χ4n) is 7.00. The van der Waals surface area contributed by atoms with Gasteiger partial charge in [-0.25, -0.2) is 18.7 Å². The van der Waals surface area contributed by atoms with Gasteiger partial charge in [0.1, 0.15) is 29.0 Å². The Morgan fingerprint density at radius 2 is 1.74 bits per heavy atom. The van der Waals surface area contributed by atoms with E-state index in [1.165, 1.54) is 6.07 Å². The molecule has 3 saturated carbocycles. The van der Waals surface area contributed by atoms with Crippen LogP contribution in [-0.4, -0.2) is 32.1 Å². The molecular formula is C33H26F2N4O3S.